The lowest BCUT2D eigenvalue weighted by molar-refractivity contribution is -0.173. The van der Waals surface area contributed by atoms with Crippen LogP contribution in [0.5, 0.6) is 0 Å². The van der Waals surface area contributed by atoms with E-state index in [1.54, 1.807) is 7.05 Å². The Balaban J connectivity index is 1.57. The molecule has 0 aromatic heterocycles. The molecule has 1 aromatic carbocycles. The van der Waals surface area contributed by atoms with Crippen LogP contribution in [0.4, 0.5) is 0 Å². The maximum atomic E-state index is 13.6. The number of methoxy groups -OCH3 is 1. The van der Waals surface area contributed by atoms with E-state index in [1.807, 2.05) is 30.3 Å². The number of nitrogens with one attached hydrogen (secondary N) is 1. The van der Waals surface area contributed by atoms with Gasteiger partial charge in [-0.2, -0.15) is 0 Å². The normalized spacial score (nSPS) is 31.7. The lowest BCUT2D eigenvalue weighted by atomic mass is 9.47. The van der Waals surface area contributed by atoms with E-state index in [-0.39, 0.29) is 24.3 Å². The van der Waals surface area contributed by atoms with Crippen LogP contribution in [-0.2, 0) is 25.5 Å². The molecular weight excluding hydrogens is 394 g/mol. The van der Waals surface area contributed by atoms with Crippen LogP contribution >= 0.6 is 0 Å². The largest absolute Gasteiger partial charge is 0.469 e. The third kappa shape index (κ3) is 4.07. The van der Waals surface area contributed by atoms with Crippen LogP contribution in [0, 0.1) is 17.3 Å². The second kappa shape index (κ2) is 8.26. The molecule has 4 fully saturated rings. The van der Waals surface area contributed by atoms with Crippen molar-refractivity contribution in [3.05, 3.63) is 35.9 Å². The number of esters is 1. The molecule has 2 amide bonds. The van der Waals surface area contributed by atoms with Crippen molar-refractivity contribution in [1.82, 2.24) is 10.2 Å². The summed E-state index contributed by atoms with van der Waals surface area (Å²) >= 11 is 0. The first kappa shape index (κ1) is 21.8. The minimum atomic E-state index is -0.652. The minimum absolute atomic E-state index is 0.142. The maximum Gasteiger partial charge on any atom is 0.311 e. The molecule has 3 atom stereocenters. The highest BCUT2D eigenvalue weighted by atomic mass is 16.5. The van der Waals surface area contributed by atoms with Gasteiger partial charge in [0.25, 0.3) is 0 Å². The number of ether oxygens (including phenoxy) is 1. The molecule has 31 heavy (non-hydrogen) atoms. The molecule has 4 aliphatic rings. The van der Waals surface area contributed by atoms with Gasteiger partial charge in [-0.25, -0.2) is 0 Å². The highest BCUT2D eigenvalue weighted by Gasteiger charge is 2.61. The average molecular weight is 428 g/mol. The lowest BCUT2D eigenvalue weighted by Crippen LogP contribution is -2.66. The minimum Gasteiger partial charge on any atom is -0.469 e. The zero-order valence-corrected chi connectivity index (χ0v) is 18.4. The standard InChI is InChI=1S/C24H33N3O4/c1-27(20(28)14-25)19(9-16-6-4-3-5-7-16)21(29)26-24-12-17-8-18(13-24)11-23(10-17,15-24)22(30)31-2/h3-7,17-19H,8-15,25H2,1-2H3,(H,26,29)/t17?,18?,19-,23?,24?/m0/s1. The molecule has 3 N–H and O–H groups in total. The molecule has 4 saturated carbocycles. The number of rotatable bonds is 7. The predicted molar refractivity (Wildman–Crippen MR) is 116 cm³/mol. The van der Waals surface area contributed by atoms with E-state index in [1.165, 1.54) is 12.0 Å². The van der Waals surface area contributed by atoms with Crippen molar-refractivity contribution in [1.29, 1.82) is 0 Å². The van der Waals surface area contributed by atoms with E-state index in [0.717, 1.165) is 37.7 Å². The Hall–Kier alpha value is -2.41. The van der Waals surface area contributed by atoms with Gasteiger partial charge < -0.3 is 20.7 Å². The van der Waals surface area contributed by atoms with E-state index < -0.39 is 17.0 Å². The summed E-state index contributed by atoms with van der Waals surface area (Å²) < 4.78 is 5.18. The quantitative estimate of drug-likeness (QED) is 0.644. The van der Waals surface area contributed by atoms with Crippen molar-refractivity contribution in [2.45, 2.75) is 56.5 Å². The fraction of sp³-hybridized carbons (Fsp3) is 0.625. The van der Waals surface area contributed by atoms with Gasteiger partial charge in [0.15, 0.2) is 0 Å². The third-order valence-corrected chi connectivity index (χ3v) is 7.68. The van der Waals surface area contributed by atoms with Crippen LogP contribution in [0.1, 0.15) is 44.1 Å². The molecular formula is C24H33N3O4. The fourth-order valence-electron chi connectivity index (χ4n) is 6.77. The zero-order valence-electron chi connectivity index (χ0n) is 18.4. The Bertz CT molecular complexity index is 842. The summed E-state index contributed by atoms with van der Waals surface area (Å²) in [6.07, 6.45) is 5.65. The van der Waals surface area contributed by atoms with Gasteiger partial charge in [0.2, 0.25) is 11.8 Å². The number of carbonyl (C=O) groups is 3. The van der Waals surface area contributed by atoms with Crippen molar-refractivity contribution < 1.29 is 19.1 Å². The number of likely N-dealkylation sites (N-methyl/N-ethyl adjacent to an activating group) is 1. The lowest BCUT2D eigenvalue weighted by Gasteiger charge is -2.61. The summed E-state index contributed by atoms with van der Waals surface area (Å²) in [6.45, 7) is -0.143. The van der Waals surface area contributed by atoms with Gasteiger partial charge in [0.1, 0.15) is 6.04 Å². The monoisotopic (exact) mass is 427 g/mol. The second-order valence-corrected chi connectivity index (χ2v) is 9.92. The molecule has 7 heteroatoms. The van der Waals surface area contributed by atoms with Crippen molar-refractivity contribution in [3.8, 4) is 0 Å². The van der Waals surface area contributed by atoms with E-state index in [2.05, 4.69) is 5.32 Å². The number of nitrogens with zero attached hydrogens (tertiary/aromatic N) is 1. The second-order valence-electron chi connectivity index (χ2n) is 9.92. The molecule has 7 nitrogen and oxygen atoms in total. The van der Waals surface area contributed by atoms with Crippen LogP contribution in [0.2, 0.25) is 0 Å². The smallest absolute Gasteiger partial charge is 0.311 e. The van der Waals surface area contributed by atoms with Gasteiger partial charge in [-0.15, -0.1) is 0 Å². The van der Waals surface area contributed by atoms with Gasteiger partial charge in [0.05, 0.1) is 19.1 Å². The number of benzene rings is 1. The SMILES string of the molecule is COC(=O)C12CC3CC(CC(NC(=O)[C@H](Cc4ccccc4)N(C)C(=O)CN)(C3)C1)C2. The molecule has 0 saturated heterocycles. The van der Waals surface area contributed by atoms with Crippen LogP contribution in [0.15, 0.2) is 30.3 Å². The Labute approximate surface area is 183 Å². The molecule has 1 aromatic rings. The molecule has 0 radical (unpaired) electrons. The van der Waals surface area contributed by atoms with E-state index in [9.17, 15) is 14.4 Å². The molecule has 5 rings (SSSR count). The Morgan fingerprint density at radius 1 is 1.16 bits per heavy atom. The van der Waals surface area contributed by atoms with Crippen molar-refractivity contribution >= 4 is 17.8 Å². The third-order valence-electron chi connectivity index (χ3n) is 7.68. The van der Waals surface area contributed by atoms with E-state index >= 15 is 0 Å². The average Bonchev–Trinajstić information content (AvgIpc) is 2.75. The van der Waals surface area contributed by atoms with Gasteiger partial charge >= 0.3 is 5.97 Å². The Morgan fingerprint density at radius 3 is 2.39 bits per heavy atom. The van der Waals surface area contributed by atoms with E-state index in [4.69, 9.17) is 10.5 Å². The summed E-state index contributed by atoms with van der Waals surface area (Å²) in [6, 6.07) is 9.04. The number of amides is 2. The highest BCUT2D eigenvalue weighted by molar-refractivity contribution is 5.89. The molecule has 0 spiro atoms. The van der Waals surface area contributed by atoms with Crippen LogP contribution in [-0.4, -0.2) is 55.0 Å². The summed E-state index contributed by atoms with van der Waals surface area (Å²) in [7, 11) is 3.09. The topological polar surface area (TPSA) is 102 Å². The van der Waals surface area contributed by atoms with Crippen LogP contribution in [0.25, 0.3) is 0 Å². The fourth-order valence-corrected chi connectivity index (χ4v) is 6.77. The van der Waals surface area contributed by atoms with Crippen LogP contribution < -0.4 is 11.1 Å². The Morgan fingerprint density at radius 2 is 1.81 bits per heavy atom. The summed E-state index contributed by atoms with van der Waals surface area (Å²) in [5, 5.41) is 3.33. The van der Waals surface area contributed by atoms with Gasteiger partial charge in [-0.1, -0.05) is 30.3 Å². The van der Waals surface area contributed by atoms with Crippen molar-refractivity contribution in [2.24, 2.45) is 23.0 Å². The first-order valence-corrected chi connectivity index (χ1v) is 11.2. The molecule has 0 aliphatic heterocycles. The zero-order chi connectivity index (χ0) is 22.2. The number of carbonyl (C=O) groups excluding carboxylic acids is 3. The molecule has 4 aliphatic carbocycles. The van der Waals surface area contributed by atoms with E-state index in [0.29, 0.717) is 24.7 Å². The molecule has 4 bridgehead atoms. The predicted octanol–water partition coefficient (Wildman–Crippen LogP) is 1.64. The number of hydrogen-bond donors (Lipinski definition) is 2. The molecule has 168 valence electrons. The first-order valence-electron chi connectivity index (χ1n) is 11.2. The number of hydrogen-bond acceptors (Lipinski definition) is 5. The molecule has 2 unspecified atom stereocenters. The van der Waals surface area contributed by atoms with Gasteiger partial charge in [-0.05, 0) is 55.9 Å². The maximum absolute atomic E-state index is 13.6. The van der Waals surface area contributed by atoms with Crippen molar-refractivity contribution in [2.75, 3.05) is 20.7 Å². The summed E-state index contributed by atoms with van der Waals surface area (Å²) in [5.74, 6) is 0.271. The Kier molecular flexibility index (Phi) is 5.81. The highest BCUT2D eigenvalue weighted by Crippen LogP contribution is 2.62. The van der Waals surface area contributed by atoms with Crippen molar-refractivity contribution in [3.63, 3.8) is 0 Å². The summed E-state index contributed by atoms with van der Waals surface area (Å²) in [5.41, 5.74) is 5.67. The summed E-state index contributed by atoms with van der Waals surface area (Å²) in [4.78, 5) is 40.1. The number of nitrogens with two attached hydrogens (primary N) is 1. The van der Waals surface area contributed by atoms with Gasteiger partial charge in [-0.3, -0.25) is 14.4 Å². The first-order chi connectivity index (χ1) is 14.8. The van der Waals surface area contributed by atoms with Crippen LogP contribution in [0.3, 0.4) is 0 Å². The molecule has 0 heterocycles. The van der Waals surface area contributed by atoms with Gasteiger partial charge in [0, 0.05) is 19.0 Å².